The van der Waals surface area contributed by atoms with E-state index in [9.17, 15) is 0 Å². The van der Waals surface area contributed by atoms with Crippen LogP contribution in [-0.2, 0) is 6.54 Å². The van der Waals surface area contributed by atoms with Crippen LogP contribution in [0.15, 0.2) is 48.5 Å². The van der Waals surface area contributed by atoms with Crippen molar-refractivity contribution in [2.45, 2.75) is 6.54 Å². The van der Waals surface area contributed by atoms with E-state index in [0.29, 0.717) is 13.2 Å². The molecule has 4 heteroatoms. The zero-order valence-electron chi connectivity index (χ0n) is 12.5. The van der Waals surface area contributed by atoms with Crippen LogP contribution in [0.25, 0.3) is 0 Å². The molecule has 112 valence electrons. The van der Waals surface area contributed by atoms with Gasteiger partial charge in [-0.05, 0) is 36.9 Å². The van der Waals surface area contributed by atoms with Crippen LogP contribution in [0.3, 0.4) is 0 Å². The summed E-state index contributed by atoms with van der Waals surface area (Å²) in [6, 6.07) is 15.6. The van der Waals surface area contributed by atoms with E-state index >= 15 is 0 Å². The van der Waals surface area contributed by atoms with Crippen molar-refractivity contribution in [2.75, 3.05) is 27.4 Å². The van der Waals surface area contributed by atoms with Crippen molar-refractivity contribution in [3.8, 4) is 17.2 Å². The fourth-order valence-corrected chi connectivity index (χ4v) is 2.00. The normalized spacial score (nSPS) is 10.2. The number of ether oxygens (including phenoxy) is 3. The van der Waals surface area contributed by atoms with Crippen LogP contribution in [-0.4, -0.2) is 27.4 Å². The van der Waals surface area contributed by atoms with E-state index < -0.39 is 0 Å². The number of hydrogen-bond donors (Lipinski definition) is 1. The summed E-state index contributed by atoms with van der Waals surface area (Å²) in [6.45, 7) is 1.78. The molecule has 0 amide bonds. The third-order valence-electron chi connectivity index (χ3n) is 2.96. The first kappa shape index (κ1) is 15.2. The van der Waals surface area contributed by atoms with Gasteiger partial charge in [-0.3, -0.25) is 0 Å². The number of benzene rings is 2. The lowest BCUT2D eigenvalue weighted by atomic mass is 10.2. The maximum absolute atomic E-state index is 5.69. The number of rotatable bonds is 8. The molecule has 0 aliphatic carbocycles. The largest absolute Gasteiger partial charge is 0.493 e. The van der Waals surface area contributed by atoms with Gasteiger partial charge in [0, 0.05) is 6.54 Å². The summed E-state index contributed by atoms with van der Waals surface area (Å²) >= 11 is 0. The maximum atomic E-state index is 5.69. The van der Waals surface area contributed by atoms with Crippen LogP contribution >= 0.6 is 0 Å². The zero-order chi connectivity index (χ0) is 14.9. The Kier molecular flexibility index (Phi) is 5.91. The zero-order valence-corrected chi connectivity index (χ0v) is 12.5. The smallest absolute Gasteiger partial charge is 0.161 e. The van der Waals surface area contributed by atoms with Crippen LogP contribution in [0.1, 0.15) is 5.56 Å². The summed E-state index contributed by atoms with van der Waals surface area (Å²) in [5.74, 6) is 2.31. The first-order valence-corrected chi connectivity index (χ1v) is 6.95. The van der Waals surface area contributed by atoms with E-state index in [4.69, 9.17) is 14.2 Å². The van der Waals surface area contributed by atoms with Gasteiger partial charge in [0.05, 0.1) is 7.11 Å². The van der Waals surface area contributed by atoms with Gasteiger partial charge in [-0.15, -0.1) is 0 Å². The molecule has 0 saturated heterocycles. The molecule has 1 N–H and O–H groups in total. The van der Waals surface area contributed by atoms with Gasteiger partial charge in [0.15, 0.2) is 11.5 Å². The molecule has 0 aromatic heterocycles. The Morgan fingerprint density at radius 2 is 1.67 bits per heavy atom. The number of nitrogens with one attached hydrogen (secondary N) is 1. The second-order valence-electron chi connectivity index (χ2n) is 4.53. The first-order valence-electron chi connectivity index (χ1n) is 6.95. The molecular formula is C17H21NO3. The number of methoxy groups -OCH3 is 1. The molecule has 4 nitrogen and oxygen atoms in total. The summed E-state index contributed by atoms with van der Waals surface area (Å²) in [5.41, 5.74) is 1.20. The molecule has 0 saturated carbocycles. The molecule has 2 aromatic rings. The Morgan fingerprint density at radius 3 is 2.43 bits per heavy atom. The van der Waals surface area contributed by atoms with E-state index in [-0.39, 0.29) is 0 Å². The molecule has 2 rings (SSSR count). The van der Waals surface area contributed by atoms with Crippen molar-refractivity contribution in [1.29, 1.82) is 0 Å². The predicted octanol–water partition coefficient (Wildman–Crippen LogP) is 2.87. The Balaban J connectivity index is 1.80. The molecule has 0 unspecified atom stereocenters. The highest BCUT2D eigenvalue weighted by Gasteiger charge is 2.02. The molecule has 0 fully saturated rings. The molecule has 0 bridgehead atoms. The molecule has 0 aliphatic rings. The van der Waals surface area contributed by atoms with E-state index in [1.807, 2.05) is 49.5 Å². The third kappa shape index (κ3) is 4.68. The lowest BCUT2D eigenvalue weighted by Crippen LogP contribution is -2.10. The SMILES string of the molecule is CNCc1cccc(OCCOc2ccccc2OC)c1. The second kappa shape index (κ2) is 8.17. The summed E-state index contributed by atoms with van der Waals surface area (Å²) < 4.78 is 16.6. The van der Waals surface area contributed by atoms with Crippen LogP contribution < -0.4 is 19.5 Å². The van der Waals surface area contributed by atoms with Gasteiger partial charge >= 0.3 is 0 Å². The lowest BCUT2D eigenvalue weighted by Gasteiger charge is -2.11. The van der Waals surface area contributed by atoms with E-state index in [1.165, 1.54) is 5.56 Å². The minimum atomic E-state index is 0.469. The molecule has 0 radical (unpaired) electrons. The highest BCUT2D eigenvalue weighted by molar-refractivity contribution is 5.39. The van der Waals surface area contributed by atoms with Gasteiger partial charge in [-0.1, -0.05) is 24.3 Å². The molecular weight excluding hydrogens is 266 g/mol. The molecule has 0 spiro atoms. The quantitative estimate of drug-likeness (QED) is 0.758. The minimum absolute atomic E-state index is 0.469. The lowest BCUT2D eigenvalue weighted by molar-refractivity contribution is 0.211. The monoisotopic (exact) mass is 287 g/mol. The van der Waals surface area contributed by atoms with Crippen LogP contribution in [0.5, 0.6) is 17.2 Å². The topological polar surface area (TPSA) is 39.7 Å². The predicted molar refractivity (Wildman–Crippen MR) is 83.2 cm³/mol. The molecule has 2 aromatic carbocycles. The van der Waals surface area contributed by atoms with Crippen LogP contribution in [0.4, 0.5) is 0 Å². The summed E-state index contributed by atoms with van der Waals surface area (Å²) in [6.07, 6.45) is 0. The average molecular weight is 287 g/mol. The van der Waals surface area contributed by atoms with Gasteiger partial charge < -0.3 is 19.5 Å². The van der Waals surface area contributed by atoms with Crippen molar-refractivity contribution < 1.29 is 14.2 Å². The second-order valence-corrected chi connectivity index (χ2v) is 4.53. The van der Waals surface area contributed by atoms with Gasteiger partial charge in [0.25, 0.3) is 0 Å². The van der Waals surface area contributed by atoms with Gasteiger partial charge in [0.2, 0.25) is 0 Å². The Morgan fingerprint density at radius 1 is 0.905 bits per heavy atom. The Labute approximate surface area is 125 Å². The molecule has 0 atom stereocenters. The van der Waals surface area contributed by atoms with Crippen LogP contribution in [0, 0.1) is 0 Å². The van der Waals surface area contributed by atoms with Crippen molar-refractivity contribution >= 4 is 0 Å². The van der Waals surface area contributed by atoms with Crippen molar-refractivity contribution in [3.05, 3.63) is 54.1 Å². The van der Waals surface area contributed by atoms with Crippen molar-refractivity contribution in [2.24, 2.45) is 0 Å². The minimum Gasteiger partial charge on any atom is -0.493 e. The van der Waals surface area contributed by atoms with Crippen molar-refractivity contribution in [3.63, 3.8) is 0 Å². The standard InChI is InChI=1S/C17H21NO3/c1-18-13-14-6-5-7-15(12-14)20-10-11-21-17-9-4-3-8-16(17)19-2/h3-9,12,18H,10-11,13H2,1-2H3. The molecule has 0 heterocycles. The van der Waals surface area contributed by atoms with E-state index in [2.05, 4.69) is 11.4 Å². The van der Waals surface area contributed by atoms with Gasteiger partial charge in [-0.25, -0.2) is 0 Å². The number of hydrogen-bond acceptors (Lipinski definition) is 4. The fraction of sp³-hybridized carbons (Fsp3) is 0.294. The summed E-state index contributed by atoms with van der Waals surface area (Å²) in [5, 5.41) is 3.12. The van der Waals surface area contributed by atoms with Crippen molar-refractivity contribution in [1.82, 2.24) is 5.32 Å². The van der Waals surface area contributed by atoms with E-state index in [0.717, 1.165) is 23.8 Å². The van der Waals surface area contributed by atoms with Crippen LogP contribution in [0.2, 0.25) is 0 Å². The maximum Gasteiger partial charge on any atom is 0.161 e. The Hall–Kier alpha value is -2.20. The highest BCUT2D eigenvalue weighted by atomic mass is 16.5. The van der Waals surface area contributed by atoms with E-state index in [1.54, 1.807) is 7.11 Å². The third-order valence-corrected chi connectivity index (χ3v) is 2.96. The number of para-hydroxylation sites is 2. The van der Waals surface area contributed by atoms with Gasteiger partial charge in [0.1, 0.15) is 19.0 Å². The summed E-state index contributed by atoms with van der Waals surface area (Å²) in [4.78, 5) is 0. The molecule has 0 aliphatic heterocycles. The van der Waals surface area contributed by atoms with Gasteiger partial charge in [-0.2, -0.15) is 0 Å². The fourth-order valence-electron chi connectivity index (χ4n) is 2.00. The Bertz CT molecular complexity index is 557. The highest BCUT2D eigenvalue weighted by Crippen LogP contribution is 2.25. The molecule has 21 heavy (non-hydrogen) atoms. The average Bonchev–Trinajstić information content (AvgIpc) is 2.53. The first-order chi connectivity index (χ1) is 10.3. The summed E-state index contributed by atoms with van der Waals surface area (Å²) in [7, 11) is 3.56.